The Bertz CT molecular complexity index is 694. The predicted octanol–water partition coefficient (Wildman–Crippen LogP) is 2.02. The van der Waals surface area contributed by atoms with Crippen LogP contribution < -0.4 is 10.1 Å². The molecule has 1 N–H and O–H groups in total. The number of hydrogen-bond acceptors (Lipinski definition) is 5. The third-order valence-electron chi connectivity index (χ3n) is 3.50. The number of anilines is 1. The van der Waals surface area contributed by atoms with E-state index in [1.54, 1.807) is 20.1 Å². The molecular formula is C17H21N3O4. The van der Waals surface area contributed by atoms with Gasteiger partial charge in [-0.1, -0.05) is 17.3 Å². The molecule has 0 saturated carbocycles. The molecule has 1 heterocycles. The number of hydrogen-bond donors (Lipinski definition) is 1. The highest BCUT2D eigenvalue weighted by Gasteiger charge is 2.15. The minimum atomic E-state index is -0.312. The Morgan fingerprint density at radius 1 is 1.29 bits per heavy atom. The molecule has 128 valence electrons. The van der Waals surface area contributed by atoms with Crippen molar-refractivity contribution in [2.75, 3.05) is 25.5 Å². The SMILES string of the molecule is COc1ccc(CCN(CC(=O)Nc2cc(C)on2)C(C)=O)cc1. The molecule has 0 atom stereocenters. The lowest BCUT2D eigenvalue weighted by Crippen LogP contribution is -2.38. The number of nitrogens with zero attached hydrogens (tertiary/aromatic N) is 2. The molecule has 0 aliphatic carbocycles. The van der Waals surface area contributed by atoms with Crippen molar-refractivity contribution < 1.29 is 18.8 Å². The first kappa shape index (κ1) is 17.5. The van der Waals surface area contributed by atoms with Crippen LogP contribution in [0.15, 0.2) is 34.9 Å². The highest BCUT2D eigenvalue weighted by molar-refractivity contribution is 5.93. The summed E-state index contributed by atoms with van der Waals surface area (Å²) in [7, 11) is 1.61. The third kappa shape index (κ3) is 5.12. The van der Waals surface area contributed by atoms with E-state index in [4.69, 9.17) is 9.26 Å². The van der Waals surface area contributed by atoms with Gasteiger partial charge in [0.15, 0.2) is 5.82 Å². The summed E-state index contributed by atoms with van der Waals surface area (Å²) in [5, 5.41) is 6.30. The Balaban J connectivity index is 1.88. The van der Waals surface area contributed by atoms with Gasteiger partial charge in [-0.05, 0) is 31.0 Å². The number of rotatable bonds is 7. The summed E-state index contributed by atoms with van der Waals surface area (Å²) in [6.45, 7) is 3.60. The van der Waals surface area contributed by atoms with Crippen LogP contribution in [0.5, 0.6) is 5.75 Å². The third-order valence-corrected chi connectivity index (χ3v) is 3.50. The van der Waals surface area contributed by atoms with Crippen LogP contribution in [0, 0.1) is 6.92 Å². The van der Waals surface area contributed by atoms with Crippen LogP contribution in [0.25, 0.3) is 0 Å². The fraction of sp³-hybridized carbons (Fsp3) is 0.353. The summed E-state index contributed by atoms with van der Waals surface area (Å²) in [5.74, 6) is 1.26. The number of amides is 2. The maximum Gasteiger partial charge on any atom is 0.245 e. The van der Waals surface area contributed by atoms with Crippen LogP contribution in [-0.2, 0) is 16.0 Å². The summed E-state index contributed by atoms with van der Waals surface area (Å²) in [4.78, 5) is 25.3. The van der Waals surface area contributed by atoms with Crippen molar-refractivity contribution in [3.8, 4) is 5.75 Å². The van der Waals surface area contributed by atoms with Crippen molar-refractivity contribution in [2.24, 2.45) is 0 Å². The van der Waals surface area contributed by atoms with E-state index in [1.807, 2.05) is 24.3 Å². The first-order valence-corrected chi connectivity index (χ1v) is 7.59. The van der Waals surface area contributed by atoms with E-state index >= 15 is 0 Å². The van der Waals surface area contributed by atoms with Crippen molar-refractivity contribution in [1.82, 2.24) is 10.1 Å². The quantitative estimate of drug-likeness (QED) is 0.839. The minimum Gasteiger partial charge on any atom is -0.497 e. The van der Waals surface area contributed by atoms with Crippen molar-refractivity contribution in [3.63, 3.8) is 0 Å². The van der Waals surface area contributed by atoms with Crippen LogP contribution in [0.3, 0.4) is 0 Å². The molecule has 2 amide bonds. The summed E-state index contributed by atoms with van der Waals surface area (Å²) >= 11 is 0. The van der Waals surface area contributed by atoms with E-state index in [0.29, 0.717) is 24.5 Å². The largest absolute Gasteiger partial charge is 0.497 e. The number of methoxy groups -OCH3 is 1. The van der Waals surface area contributed by atoms with Gasteiger partial charge in [0, 0.05) is 19.5 Å². The summed E-state index contributed by atoms with van der Waals surface area (Å²) < 4.78 is 10.00. The van der Waals surface area contributed by atoms with Crippen molar-refractivity contribution in [3.05, 3.63) is 41.7 Å². The summed E-state index contributed by atoms with van der Waals surface area (Å²) in [6.07, 6.45) is 0.653. The Morgan fingerprint density at radius 2 is 2.00 bits per heavy atom. The molecule has 24 heavy (non-hydrogen) atoms. The molecule has 0 spiro atoms. The average Bonchev–Trinajstić information content (AvgIpc) is 2.96. The Kier molecular flexibility index (Phi) is 5.95. The van der Waals surface area contributed by atoms with E-state index in [2.05, 4.69) is 10.5 Å². The number of carbonyl (C=O) groups excluding carboxylic acids is 2. The van der Waals surface area contributed by atoms with Crippen molar-refractivity contribution in [1.29, 1.82) is 0 Å². The molecule has 1 aromatic heterocycles. The minimum absolute atomic E-state index is 0.0304. The van der Waals surface area contributed by atoms with Gasteiger partial charge < -0.3 is 19.5 Å². The van der Waals surface area contributed by atoms with Crippen LogP contribution in [-0.4, -0.2) is 42.1 Å². The first-order chi connectivity index (χ1) is 11.5. The zero-order chi connectivity index (χ0) is 17.5. The molecule has 2 rings (SSSR count). The molecule has 0 radical (unpaired) electrons. The number of ether oxygens (including phenoxy) is 1. The highest BCUT2D eigenvalue weighted by atomic mass is 16.5. The predicted molar refractivity (Wildman–Crippen MR) is 88.8 cm³/mol. The molecule has 2 aromatic rings. The van der Waals surface area contributed by atoms with E-state index in [0.717, 1.165) is 11.3 Å². The highest BCUT2D eigenvalue weighted by Crippen LogP contribution is 2.12. The van der Waals surface area contributed by atoms with Gasteiger partial charge in [-0.2, -0.15) is 0 Å². The lowest BCUT2D eigenvalue weighted by Gasteiger charge is -2.20. The number of aryl methyl sites for hydroxylation is 1. The molecule has 0 saturated heterocycles. The monoisotopic (exact) mass is 331 g/mol. The van der Waals surface area contributed by atoms with Crippen LogP contribution in [0.4, 0.5) is 5.82 Å². The molecule has 0 fully saturated rings. The van der Waals surface area contributed by atoms with Gasteiger partial charge in [-0.25, -0.2) is 0 Å². The van der Waals surface area contributed by atoms with E-state index < -0.39 is 0 Å². The molecule has 0 aliphatic heterocycles. The van der Waals surface area contributed by atoms with Gasteiger partial charge in [-0.3, -0.25) is 9.59 Å². The topological polar surface area (TPSA) is 84.7 Å². The van der Waals surface area contributed by atoms with Crippen LogP contribution >= 0.6 is 0 Å². The second-order valence-corrected chi connectivity index (χ2v) is 5.41. The van der Waals surface area contributed by atoms with Crippen LogP contribution in [0.1, 0.15) is 18.2 Å². The Hall–Kier alpha value is -2.83. The van der Waals surface area contributed by atoms with Gasteiger partial charge in [0.25, 0.3) is 0 Å². The molecular weight excluding hydrogens is 310 g/mol. The maximum absolute atomic E-state index is 12.0. The smallest absolute Gasteiger partial charge is 0.245 e. The molecule has 1 aromatic carbocycles. The normalized spacial score (nSPS) is 10.3. The number of benzene rings is 1. The zero-order valence-corrected chi connectivity index (χ0v) is 14.0. The van der Waals surface area contributed by atoms with Crippen molar-refractivity contribution >= 4 is 17.6 Å². The first-order valence-electron chi connectivity index (χ1n) is 7.59. The zero-order valence-electron chi connectivity index (χ0n) is 14.0. The average molecular weight is 331 g/mol. The Labute approximate surface area is 140 Å². The molecule has 7 heteroatoms. The molecule has 0 bridgehead atoms. The lowest BCUT2D eigenvalue weighted by molar-refractivity contribution is -0.132. The molecule has 0 aliphatic rings. The lowest BCUT2D eigenvalue weighted by atomic mass is 10.1. The fourth-order valence-corrected chi connectivity index (χ4v) is 2.19. The molecule has 7 nitrogen and oxygen atoms in total. The Morgan fingerprint density at radius 3 is 2.54 bits per heavy atom. The van der Waals surface area contributed by atoms with E-state index in [9.17, 15) is 9.59 Å². The number of nitrogens with one attached hydrogen (secondary N) is 1. The van der Waals surface area contributed by atoms with Gasteiger partial charge >= 0.3 is 0 Å². The maximum atomic E-state index is 12.0. The molecule has 0 unspecified atom stereocenters. The van der Waals surface area contributed by atoms with E-state index in [1.165, 1.54) is 11.8 Å². The second kappa shape index (κ2) is 8.14. The van der Waals surface area contributed by atoms with Gasteiger partial charge in [0.2, 0.25) is 11.8 Å². The standard InChI is InChI=1S/C17H21N3O4/c1-12-10-16(19-24-12)18-17(22)11-20(13(2)21)9-8-14-4-6-15(23-3)7-5-14/h4-7,10H,8-9,11H2,1-3H3,(H,18,19,22). The second-order valence-electron chi connectivity index (χ2n) is 5.41. The van der Waals surface area contributed by atoms with Crippen LogP contribution in [0.2, 0.25) is 0 Å². The number of aromatic nitrogens is 1. The van der Waals surface area contributed by atoms with Crippen molar-refractivity contribution in [2.45, 2.75) is 20.3 Å². The van der Waals surface area contributed by atoms with Gasteiger partial charge in [0.1, 0.15) is 11.5 Å². The van der Waals surface area contributed by atoms with E-state index in [-0.39, 0.29) is 18.4 Å². The summed E-state index contributed by atoms with van der Waals surface area (Å²) in [5.41, 5.74) is 1.06. The number of carbonyl (C=O) groups is 2. The summed E-state index contributed by atoms with van der Waals surface area (Å²) in [6, 6.07) is 9.23. The fourth-order valence-electron chi connectivity index (χ4n) is 2.19. The van der Waals surface area contributed by atoms with Gasteiger partial charge in [0.05, 0.1) is 13.7 Å². The van der Waals surface area contributed by atoms with Gasteiger partial charge in [-0.15, -0.1) is 0 Å².